The van der Waals surface area contributed by atoms with E-state index in [2.05, 4.69) is 4.90 Å². The zero-order chi connectivity index (χ0) is 12.2. The van der Waals surface area contributed by atoms with E-state index in [1.165, 1.54) is 4.88 Å². The van der Waals surface area contributed by atoms with Gasteiger partial charge in [-0.3, -0.25) is 4.90 Å². The van der Waals surface area contributed by atoms with E-state index < -0.39 is 5.60 Å². The molecule has 16 heavy (non-hydrogen) atoms. The number of rotatable bonds is 6. The van der Waals surface area contributed by atoms with E-state index in [4.69, 9.17) is 11.6 Å². The third kappa shape index (κ3) is 4.06. The van der Waals surface area contributed by atoms with Crippen molar-refractivity contribution in [1.29, 1.82) is 0 Å². The molecule has 0 aliphatic heterocycles. The maximum atomic E-state index is 10.2. The van der Waals surface area contributed by atoms with Crippen LogP contribution >= 0.6 is 22.9 Å². The van der Waals surface area contributed by atoms with Gasteiger partial charge in [0.1, 0.15) is 0 Å². The van der Waals surface area contributed by atoms with Crippen molar-refractivity contribution in [2.75, 3.05) is 13.6 Å². The van der Waals surface area contributed by atoms with Gasteiger partial charge in [-0.05, 0) is 32.0 Å². The molecule has 0 radical (unpaired) electrons. The van der Waals surface area contributed by atoms with Crippen LogP contribution in [0.4, 0.5) is 0 Å². The van der Waals surface area contributed by atoms with E-state index in [0.29, 0.717) is 6.54 Å². The first-order chi connectivity index (χ1) is 7.49. The summed E-state index contributed by atoms with van der Waals surface area (Å²) in [6, 6.07) is 3.96. The van der Waals surface area contributed by atoms with Crippen LogP contribution < -0.4 is 0 Å². The summed E-state index contributed by atoms with van der Waals surface area (Å²) >= 11 is 7.48. The summed E-state index contributed by atoms with van der Waals surface area (Å²) in [6.45, 7) is 5.61. The molecule has 2 nitrogen and oxygen atoms in total. The van der Waals surface area contributed by atoms with Crippen LogP contribution in [-0.2, 0) is 6.54 Å². The Morgan fingerprint density at radius 3 is 2.44 bits per heavy atom. The van der Waals surface area contributed by atoms with E-state index in [-0.39, 0.29) is 0 Å². The fourth-order valence-electron chi connectivity index (χ4n) is 1.73. The second kappa shape index (κ2) is 6.01. The summed E-state index contributed by atoms with van der Waals surface area (Å²) in [5, 5.41) is 10.2. The minimum atomic E-state index is -0.560. The van der Waals surface area contributed by atoms with Crippen molar-refractivity contribution in [2.24, 2.45) is 0 Å². The third-order valence-electron chi connectivity index (χ3n) is 2.94. The average Bonchev–Trinajstić information content (AvgIpc) is 2.63. The molecule has 0 aliphatic carbocycles. The van der Waals surface area contributed by atoms with Crippen molar-refractivity contribution in [3.05, 3.63) is 21.3 Å². The summed E-state index contributed by atoms with van der Waals surface area (Å²) in [5.41, 5.74) is -0.560. The number of likely N-dealkylation sites (N-methyl/N-ethyl adjacent to an activating group) is 1. The van der Waals surface area contributed by atoms with Gasteiger partial charge in [0, 0.05) is 18.0 Å². The molecule has 1 N–H and O–H groups in total. The highest BCUT2D eigenvalue weighted by Gasteiger charge is 2.24. The van der Waals surface area contributed by atoms with Gasteiger partial charge in [0.05, 0.1) is 9.94 Å². The van der Waals surface area contributed by atoms with Gasteiger partial charge in [-0.25, -0.2) is 0 Å². The Kier molecular flexibility index (Phi) is 5.25. The SMILES string of the molecule is CCC(O)(CC)CN(C)Cc1ccc(Cl)s1. The van der Waals surface area contributed by atoms with Crippen LogP contribution in [-0.4, -0.2) is 29.2 Å². The quantitative estimate of drug-likeness (QED) is 0.849. The number of nitrogens with zero attached hydrogens (tertiary/aromatic N) is 1. The van der Waals surface area contributed by atoms with Crippen molar-refractivity contribution in [3.8, 4) is 0 Å². The third-order valence-corrected chi connectivity index (χ3v) is 4.15. The predicted molar refractivity (Wildman–Crippen MR) is 71.2 cm³/mol. The highest BCUT2D eigenvalue weighted by Crippen LogP contribution is 2.23. The van der Waals surface area contributed by atoms with Gasteiger partial charge in [-0.15, -0.1) is 11.3 Å². The molecule has 1 aromatic rings. The molecule has 1 aromatic heterocycles. The first-order valence-corrected chi connectivity index (χ1v) is 6.83. The van der Waals surface area contributed by atoms with Gasteiger partial charge in [-0.1, -0.05) is 25.4 Å². The average molecular weight is 262 g/mol. The lowest BCUT2D eigenvalue weighted by Gasteiger charge is -2.30. The van der Waals surface area contributed by atoms with Crippen molar-refractivity contribution < 1.29 is 5.11 Å². The normalized spacial score (nSPS) is 12.4. The second-order valence-corrected chi connectivity index (χ2v) is 6.11. The Morgan fingerprint density at radius 1 is 1.38 bits per heavy atom. The minimum Gasteiger partial charge on any atom is -0.389 e. The van der Waals surface area contributed by atoms with Gasteiger partial charge in [0.15, 0.2) is 0 Å². The van der Waals surface area contributed by atoms with E-state index in [1.807, 2.05) is 33.0 Å². The highest BCUT2D eigenvalue weighted by atomic mass is 35.5. The van der Waals surface area contributed by atoms with E-state index in [1.54, 1.807) is 11.3 Å². The van der Waals surface area contributed by atoms with Gasteiger partial charge in [-0.2, -0.15) is 0 Å². The van der Waals surface area contributed by atoms with Gasteiger partial charge >= 0.3 is 0 Å². The Bertz CT molecular complexity index is 323. The fourth-order valence-corrected chi connectivity index (χ4v) is 2.90. The summed E-state index contributed by atoms with van der Waals surface area (Å²) in [7, 11) is 2.03. The number of halogens is 1. The monoisotopic (exact) mass is 261 g/mol. The van der Waals surface area contributed by atoms with Crippen molar-refractivity contribution >= 4 is 22.9 Å². The molecule has 0 aliphatic rings. The number of thiophene rings is 1. The smallest absolute Gasteiger partial charge is 0.0931 e. The Morgan fingerprint density at radius 2 is 2.00 bits per heavy atom. The molecule has 92 valence electrons. The van der Waals surface area contributed by atoms with Crippen LogP contribution in [0.5, 0.6) is 0 Å². The lowest BCUT2D eigenvalue weighted by molar-refractivity contribution is 0.00151. The lowest BCUT2D eigenvalue weighted by Crippen LogP contribution is -2.40. The number of hydrogen-bond acceptors (Lipinski definition) is 3. The zero-order valence-electron chi connectivity index (χ0n) is 10.2. The largest absolute Gasteiger partial charge is 0.389 e. The zero-order valence-corrected chi connectivity index (χ0v) is 11.7. The molecule has 1 rings (SSSR count). The second-order valence-electron chi connectivity index (χ2n) is 4.31. The molecular formula is C12H20ClNOS. The van der Waals surface area contributed by atoms with E-state index in [0.717, 1.165) is 23.7 Å². The molecule has 0 saturated heterocycles. The van der Waals surface area contributed by atoms with E-state index in [9.17, 15) is 5.11 Å². The van der Waals surface area contributed by atoms with Crippen LogP contribution in [0.15, 0.2) is 12.1 Å². The summed E-state index contributed by atoms with van der Waals surface area (Å²) in [6.07, 6.45) is 1.58. The van der Waals surface area contributed by atoms with Gasteiger partial charge in [0.2, 0.25) is 0 Å². The molecule has 0 saturated carbocycles. The molecule has 0 atom stereocenters. The first-order valence-electron chi connectivity index (χ1n) is 5.64. The van der Waals surface area contributed by atoms with Gasteiger partial charge < -0.3 is 5.11 Å². The summed E-state index contributed by atoms with van der Waals surface area (Å²) < 4.78 is 0.824. The molecule has 0 spiro atoms. The van der Waals surface area contributed by atoms with Crippen LogP contribution in [0.3, 0.4) is 0 Å². The maximum Gasteiger partial charge on any atom is 0.0931 e. The molecule has 1 heterocycles. The Balaban J connectivity index is 2.50. The van der Waals surface area contributed by atoms with Crippen molar-refractivity contribution in [2.45, 2.75) is 38.8 Å². The lowest BCUT2D eigenvalue weighted by atomic mass is 9.97. The van der Waals surface area contributed by atoms with Crippen molar-refractivity contribution in [1.82, 2.24) is 4.90 Å². The fraction of sp³-hybridized carbons (Fsp3) is 0.667. The maximum absolute atomic E-state index is 10.2. The predicted octanol–water partition coefficient (Wildman–Crippen LogP) is 3.38. The van der Waals surface area contributed by atoms with Gasteiger partial charge in [0.25, 0.3) is 0 Å². The molecule has 0 fully saturated rings. The molecule has 0 amide bonds. The summed E-state index contributed by atoms with van der Waals surface area (Å²) in [4.78, 5) is 3.39. The first kappa shape index (κ1) is 14.0. The van der Waals surface area contributed by atoms with Crippen molar-refractivity contribution in [3.63, 3.8) is 0 Å². The van der Waals surface area contributed by atoms with Crippen LogP contribution in [0.25, 0.3) is 0 Å². The summed E-state index contributed by atoms with van der Waals surface area (Å²) in [5.74, 6) is 0. The molecular weight excluding hydrogens is 242 g/mol. The topological polar surface area (TPSA) is 23.5 Å². The molecule has 0 aromatic carbocycles. The molecule has 0 unspecified atom stereocenters. The van der Waals surface area contributed by atoms with Crippen LogP contribution in [0.1, 0.15) is 31.6 Å². The Hall–Kier alpha value is -0.0900. The van der Waals surface area contributed by atoms with Crippen LogP contribution in [0, 0.1) is 0 Å². The Labute approximate surface area is 107 Å². The molecule has 0 bridgehead atoms. The minimum absolute atomic E-state index is 0.560. The molecule has 4 heteroatoms. The number of hydrogen-bond donors (Lipinski definition) is 1. The highest BCUT2D eigenvalue weighted by molar-refractivity contribution is 7.16. The number of aliphatic hydroxyl groups is 1. The van der Waals surface area contributed by atoms with E-state index >= 15 is 0 Å². The van der Waals surface area contributed by atoms with Crippen LogP contribution in [0.2, 0.25) is 4.34 Å². The standard InChI is InChI=1S/C12H20ClNOS/c1-4-12(15,5-2)9-14(3)8-10-6-7-11(13)16-10/h6-7,15H,4-5,8-9H2,1-3H3.